The van der Waals surface area contributed by atoms with Gasteiger partial charge in [-0.1, -0.05) is 30.3 Å². The summed E-state index contributed by atoms with van der Waals surface area (Å²) in [5.74, 6) is -0.0500. The fourth-order valence-corrected chi connectivity index (χ4v) is 4.71. The molecule has 2 atom stereocenters. The summed E-state index contributed by atoms with van der Waals surface area (Å²) in [5.41, 5.74) is 2.38. The number of carbonyl (C=O) groups excluding carboxylic acids is 1. The summed E-state index contributed by atoms with van der Waals surface area (Å²) in [6, 6.07) is 13.5. The molecule has 1 heterocycles. The molecule has 6 nitrogen and oxygen atoms in total. The van der Waals surface area contributed by atoms with Crippen LogP contribution in [0.25, 0.3) is 0 Å². The summed E-state index contributed by atoms with van der Waals surface area (Å²) in [6.07, 6.45) is 0.167. The van der Waals surface area contributed by atoms with E-state index in [-0.39, 0.29) is 17.2 Å². The zero-order valence-electron chi connectivity index (χ0n) is 15.4. The molecule has 2 N–H and O–H groups in total. The summed E-state index contributed by atoms with van der Waals surface area (Å²) >= 11 is 0. The number of benzene rings is 2. The van der Waals surface area contributed by atoms with Gasteiger partial charge in [0.1, 0.15) is 0 Å². The predicted octanol–water partition coefficient (Wildman–Crippen LogP) is 2.39. The molecule has 27 heavy (non-hydrogen) atoms. The Labute approximate surface area is 159 Å². The minimum Gasteiger partial charge on any atom is -0.388 e. The summed E-state index contributed by atoms with van der Waals surface area (Å²) in [4.78, 5) is 13.5. The number of rotatable bonds is 6. The molecule has 2 aromatic rings. The van der Waals surface area contributed by atoms with Crippen molar-refractivity contribution in [2.75, 3.05) is 11.4 Å². The first kappa shape index (κ1) is 19.5. The Bertz CT molecular complexity index is 928. The monoisotopic (exact) mass is 388 g/mol. The highest BCUT2D eigenvalue weighted by Crippen LogP contribution is 2.30. The number of aliphatic hydroxyl groups is 1. The van der Waals surface area contributed by atoms with E-state index in [1.807, 2.05) is 30.3 Å². The van der Waals surface area contributed by atoms with Crippen molar-refractivity contribution >= 4 is 21.6 Å². The third-order valence-corrected chi connectivity index (χ3v) is 6.34. The Morgan fingerprint density at radius 3 is 2.59 bits per heavy atom. The van der Waals surface area contributed by atoms with Crippen LogP contribution >= 0.6 is 0 Å². The minimum absolute atomic E-state index is 0.0500. The lowest BCUT2D eigenvalue weighted by Crippen LogP contribution is -2.33. The van der Waals surface area contributed by atoms with Gasteiger partial charge in [-0.3, -0.25) is 4.79 Å². The zero-order chi connectivity index (χ0) is 19.6. The van der Waals surface area contributed by atoms with Gasteiger partial charge in [-0.15, -0.1) is 0 Å². The second-order valence-electron chi connectivity index (χ2n) is 6.90. The number of nitrogens with one attached hydrogen (secondary N) is 1. The third-order valence-electron chi connectivity index (χ3n) is 4.75. The summed E-state index contributed by atoms with van der Waals surface area (Å²) in [5, 5.41) is 10.3. The number of fused-ring (bicyclic) bond motifs is 1. The number of hydrogen-bond donors (Lipinski definition) is 2. The molecule has 0 bridgehead atoms. The molecule has 0 radical (unpaired) electrons. The van der Waals surface area contributed by atoms with Gasteiger partial charge in [0.05, 0.1) is 11.0 Å². The van der Waals surface area contributed by atoms with Crippen molar-refractivity contribution in [2.45, 2.75) is 43.7 Å². The molecule has 0 saturated heterocycles. The number of amides is 1. The van der Waals surface area contributed by atoms with Crippen molar-refractivity contribution in [3.8, 4) is 0 Å². The normalized spacial score (nSPS) is 16.0. The topological polar surface area (TPSA) is 86.7 Å². The van der Waals surface area contributed by atoms with Crippen LogP contribution in [-0.4, -0.2) is 32.0 Å². The van der Waals surface area contributed by atoms with Gasteiger partial charge in [0.25, 0.3) is 0 Å². The van der Waals surface area contributed by atoms with Crippen LogP contribution in [0.3, 0.4) is 0 Å². The van der Waals surface area contributed by atoms with E-state index in [2.05, 4.69) is 4.72 Å². The fraction of sp³-hybridized carbons (Fsp3) is 0.350. The molecule has 0 fully saturated rings. The van der Waals surface area contributed by atoms with Gasteiger partial charge >= 0.3 is 0 Å². The van der Waals surface area contributed by atoms with Crippen LogP contribution in [0.15, 0.2) is 53.4 Å². The Kier molecular flexibility index (Phi) is 5.64. The van der Waals surface area contributed by atoms with Gasteiger partial charge in [-0.05, 0) is 49.1 Å². The Morgan fingerprint density at radius 1 is 1.22 bits per heavy atom. The second kappa shape index (κ2) is 7.80. The summed E-state index contributed by atoms with van der Waals surface area (Å²) < 4.78 is 28.0. The van der Waals surface area contributed by atoms with E-state index in [0.717, 1.165) is 16.8 Å². The quantitative estimate of drug-likeness (QED) is 0.796. The van der Waals surface area contributed by atoms with Crippen molar-refractivity contribution in [2.24, 2.45) is 0 Å². The van der Waals surface area contributed by atoms with E-state index in [1.54, 1.807) is 24.0 Å². The first-order valence-corrected chi connectivity index (χ1v) is 10.4. The lowest BCUT2D eigenvalue weighted by atomic mass is 10.0. The van der Waals surface area contributed by atoms with Crippen LogP contribution in [0.4, 0.5) is 5.69 Å². The first-order valence-electron chi connectivity index (χ1n) is 8.94. The average Bonchev–Trinajstić information content (AvgIpc) is 3.05. The Hall–Kier alpha value is -2.22. The zero-order valence-corrected chi connectivity index (χ0v) is 16.2. The molecular weight excluding hydrogens is 364 g/mol. The number of nitrogens with zero attached hydrogens (tertiary/aromatic N) is 1. The van der Waals surface area contributed by atoms with E-state index < -0.39 is 22.2 Å². The number of sulfonamides is 1. The van der Waals surface area contributed by atoms with Gasteiger partial charge in [0.2, 0.25) is 15.9 Å². The molecule has 0 aromatic heterocycles. The lowest BCUT2D eigenvalue weighted by Gasteiger charge is -2.19. The van der Waals surface area contributed by atoms with Gasteiger partial charge in [0.15, 0.2) is 0 Å². The Morgan fingerprint density at radius 2 is 1.93 bits per heavy atom. The maximum Gasteiger partial charge on any atom is 0.240 e. The molecule has 0 unspecified atom stereocenters. The molecule has 1 amide bonds. The second-order valence-corrected chi connectivity index (χ2v) is 8.61. The van der Waals surface area contributed by atoms with Crippen LogP contribution in [0.1, 0.15) is 37.5 Å². The molecule has 0 saturated carbocycles. The highest BCUT2D eigenvalue weighted by molar-refractivity contribution is 7.89. The molecular formula is C20H24N2O4S. The highest BCUT2D eigenvalue weighted by Gasteiger charge is 2.26. The molecule has 1 aliphatic rings. The maximum atomic E-state index is 12.7. The number of aliphatic hydroxyl groups excluding tert-OH is 1. The van der Waals surface area contributed by atoms with Crippen LogP contribution in [0.2, 0.25) is 0 Å². The number of anilines is 1. The van der Waals surface area contributed by atoms with Gasteiger partial charge in [-0.2, -0.15) is 0 Å². The van der Waals surface area contributed by atoms with Crippen LogP contribution in [0.5, 0.6) is 0 Å². The largest absolute Gasteiger partial charge is 0.388 e. The summed E-state index contributed by atoms with van der Waals surface area (Å²) in [7, 11) is -3.71. The van der Waals surface area contributed by atoms with Gasteiger partial charge < -0.3 is 10.0 Å². The van der Waals surface area contributed by atoms with E-state index in [0.29, 0.717) is 13.0 Å². The highest BCUT2D eigenvalue weighted by atomic mass is 32.2. The number of carbonyl (C=O) groups is 1. The molecule has 7 heteroatoms. The minimum atomic E-state index is -3.71. The molecule has 0 aliphatic carbocycles. The van der Waals surface area contributed by atoms with Crippen LogP contribution in [0, 0.1) is 0 Å². The fourth-order valence-electron chi connectivity index (χ4n) is 3.40. The van der Waals surface area contributed by atoms with Gasteiger partial charge in [-0.25, -0.2) is 13.1 Å². The predicted molar refractivity (Wildman–Crippen MR) is 104 cm³/mol. The number of hydrogen-bond acceptors (Lipinski definition) is 4. The van der Waals surface area contributed by atoms with E-state index in [4.69, 9.17) is 0 Å². The van der Waals surface area contributed by atoms with E-state index in [9.17, 15) is 18.3 Å². The molecule has 1 aliphatic heterocycles. The Balaban J connectivity index is 1.71. The third kappa shape index (κ3) is 4.37. The van der Waals surface area contributed by atoms with Crippen molar-refractivity contribution in [3.63, 3.8) is 0 Å². The molecule has 2 aromatic carbocycles. The van der Waals surface area contributed by atoms with Crippen molar-refractivity contribution in [3.05, 3.63) is 59.7 Å². The first-order chi connectivity index (χ1) is 12.8. The smallest absolute Gasteiger partial charge is 0.240 e. The summed E-state index contributed by atoms with van der Waals surface area (Å²) in [6.45, 7) is 3.80. The van der Waals surface area contributed by atoms with Gasteiger partial charge in [0, 0.05) is 25.2 Å². The molecule has 0 spiro atoms. The van der Waals surface area contributed by atoms with Crippen molar-refractivity contribution in [1.82, 2.24) is 4.72 Å². The van der Waals surface area contributed by atoms with Crippen LogP contribution < -0.4 is 9.62 Å². The standard InChI is InChI=1S/C20H24N2O4S/c1-14(12-20(24)16-6-4-3-5-7-16)21-27(25,26)18-8-9-19-17(13-18)10-11-22(19)15(2)23/h3-9,13-14,20-21,24H,10-12H2,1-2H3/t14-,20+/m0/s1. The van der Waals surface area contributed by atoms with Crippen molar-refractivity contribution in [1.29, 1.82) is 0 Å². The molecule has 144 valence electrons. The lowest BCUT2D eigenvalue weighted by molar-refractivity contribution is -0.116. The molecule has 3 rings (SSSR count). The average molecular weight is 388 g/mol. The SMILES string of the molecule is CC(=O)N1CCc2cc(S(=O)(=O)N[C@@H](C)C[C@@H](O)c3ccccc3)ccc21. The van der Waals surface area contributed by atoms with E-state index >= 15 is 0 Å². The maximum absolute atomic E-state index is 12.7. The van der Waals surface area contributed by atoms with Crippen molar-refractivity contribution < 1.29 is 18.3 Å². The van der Waals surface area contributed by atoms with Crippen LogP contribution in [-0.2, 0) is 21.2 Å². The van der Waals surface area contributed by atoms with E-state index in [1.165, 1.54) is 13.0 Å².